The predicted molar refractivity (Wildman–Crippen MR) is 62.8 cm³/mol. The van der Waals surface area contributed by atoms with Gasteiger partial charge in [0.2, 0.25) is 0 Å². The quantitative estimate of drug-likeness (QED) is 0.733. The molecule has 2 aromatic rings. The van der Waals surface area contributed by atoms with E-state index in [1.807, 2.05) is 26.0 Å². The Bertz CT molecular complexity index is 554. The summed E-state index contributed by atoms with van der Waals surface area (Å²) in [5, 5.41) is 1.68. The molecule has 1 aromatic carbocycles. The van der Waals surface area contributed by atoms with Crippen LogP contribution in [0.1, 0.15) is 28.5 Å². The third-order valence-electron chi connectivity index (χ3n) is 2.71. The number of carbonyl (C=O) groups excluding carboxylic acids is 1. The van der Waals surface area contributed by atoms with E-state index in [0.29, 0.717) is 0 Å². The third-order valence-corrected chi connectivity index (χ3v) is 3.12. The van der Waals surface area contributed by atoms with Crippen molar-refractivity contribution in [2.75, 3.05) is 0 Å². The van der Waals surface area contributed by atoms with E-state index in [0.717, 1.165) is 32.7 Å². The summed E-state index contributed by atoms with van der Waals surface area (Å²) in [7, 11) is 0. The second-order valence-electron chi connectivity index (χ2n) is 3.78. The van der Waals surface area contributed by atoms with Crippen LogP contribution in [0.25, 0.3) is 10.9 Å². The maximum atomic E-state index is 11.5. The molecule has 0 unspecified atom stereocenters. The number of carbonyl (C=O) groups is 1. The van der Waals surface area contributed by atoms with Crippen LogP contribution in [0.4, 0.5) is 0 Å². The van der Waals surface area contributed by atoms with Crippen LogP contribution in [0.3, 0.4) is 0 Å². The van der Waals surface area contributed by atoms with Crippen LogP contribution in [0.5, 0.6) is 0 Å². The fraction of sp³-hybridized carbons (Fsp3) is 0.250. The lowest BCUT2D eigenvalue weighted by Crippen LogP contribution is -1.92. The van der Waals surface area contributed by atoms with Crippen molar-refractivity contribution in [3.8, 4) is 0 Å². The number of nitrogens with one attached hydrogen (secondary N) is 1. The molecule has 15 heavy (non-hydrogen) atoms. The lowest BCUT2D eigenvalue weighted by atomic mass is 10.1. The van der Waals surface area contributed by atoms with E-state index < -0.39 is 0 Å². The number of aryl methyl sites for hydroxylation is 2. The van der Waals surface area contributed by atoms with Crippen molar-refractivity contribution >= 4 is 28.3 Å². The fourth-order valence-corrected chi connectivity index (χ4v) is 2.12. The van der Waals surface area contributed by atoms with E-state index in [9.17, 15) is 4.79 Å². The van der Waals surface area contributed by atoms with Crippen LogP contribution in [-0.4, -0.2) is 10.8 Å². The number of hydrogen-bond donors (Lipinski definition) is 1. The number of rotatable bonds is 1. The zero-order valence-corrected chi connectivity index (χ0v) is 9.70. The maximum Gasteiger partial charge on any atom is 0.162 e. The highest BCUT2D eigenvalue weighted by molar-refractivity contribution is 6.32. The summed E-state index contributed by atoms with van der Waals surface area (Å²) in [6.07, 6.45) is 0. The van der Waals surface area contributed by atoms with Crippen LogP contribution < -0.4 is 0 Å². The van der Waals surface area contributed by atoms with Crippen molar-refractivity contribution in [2.45, 2.75) is 20.8 Å². The zero-order chi connectivity index (χ0) is 11.2. The number of aromatic nitrogens is 1. The number of Topliss-reactive ketones (excluding diaryl/α,β-unsaturated/α-hetero) is 1. The largest absolute Gasteiger partial charge is 0.358 e. The Balaban J connectivity index is 2.91. The average Bonchev–Trinajstić information content (AvgIpc) is 2.49. The molecule has 2 nitrogen and oxygen atoms in total. The molecule has 2 rings (SSSR count). The molecule has 0 spiro atoms. The molecule has 1 heterocycles. The molecule has 3 heteroatoms. The van der Waals surface area contributed by atoms with E-state index in [1.165, 1.54) is 0 Å². The van der Waals surface area contributed by atoms with Crippen molar-refractivity contribution in [2.24, 2.45) is 0 Å². The van der Waals surface area contributed by atoms with Gasteiger partial charge in [0, 0.05) is 21.7 Å². The molecule has 1 aromatic heterocycles. The van der Waals surface area contributed by atoms with Gasteiger partial charge in [-0.05, 0) is 32.4 Å². The molecule has 78 valence electrons. The SMILES string of the molecule is CC(=O)c1c(C)[nH]c2c(C)c(Cl)ccc12. The van der Waals surface area contributed by atoms with Crippen molar-refractivity contribution < 1.29 is 4.79 Å². The van der Waals surface area contributed by atoms with E-state index in [1.54, 1.807) is 6.92 Å². The Morgan fingerprint density at radius 3 is 2.60 bits per heavy atom. The van der Waals surface area contributed by atoms with Gasteiger partial charge in [0.25, 0.3) is 0 Å². The lowest BCUT2D eigenvalue weighted by molar-refractivity contribution is 0.101. The van der Waals surface area contributed by atoms with Gasteiger partial charge in [-0.25, -0.2) is 0 Å². The van der Waals surface area contributed by atoms with Gasteiger partial charge in [-0.3, -0.25) is 4.79 Å². The Morgan fingerprint density at radius 1 is 1.33 bits per heavy atom. The summed E-state index contributed by atoms with van der Waals surface area (Å²) in [6, 6.07) is 3.73. The summed E-state index contributed by atoms with van der Waals surface area (Å²) in [4.78, 5) is 14.7. The minimum atomic E-state index is 0.0838. The molecule has 0 aliphatic carbocycles. The molecule has 0 amide bonds. The van der Waals surface area contributed by atoms with Crippen molar-refractivity contribution in [3.05, 3.63) is 34.0 Å². The highest BCUT2D eigenvalue weighted by Gasteiger charge is 2.14. The highest BCUT2D eigenvalue weighted by Crippen LogP contribution is 2.29. The van der Waals surface area contributed by atoms with Gasteiger partial charge in [0.05, 0.1) is 5.52 Å². The Hall–Kier alpha value is -1.28. The Kier molecular flexibility index (Phi) is 2.31. The second kappa shape index (κ2) is 3.38. The molecule has 0 saturated heterocycles. The zero-order valence-electron chi connectivity index (χ0n) is 8.94. The Labute approximate surface area is 93.2 Å². The van der Waals surface area contributed by atoms with Gasteiger partial charge in [0.15, 0.2) is 5.78 Å². The molecular formula is C12H12ClNO. The van der Waals surface area contributed by atoms with Crippen LogP contribution in [-0.2, 0) is 0 Å². The molecule has 0 bridgehead atoms. The van der Waals surface area contributed by atoms with Gasteiger partial charge in [0.1, 0.15) is 0 Å². The topological polar surface area (TPSA) is 32.9 Å². The molecule has 0 radical (unpaired) electrons. The standard InChI is InChI=1S/C12H12ClNO/c1-6-10(13)5-4-9-11(8(3)15)7(2)14-12(6)9/h4-5,14H,1-3H3. The summed E-state index contributed by atoms with van der Waals surface area (Å²) < 4.78 is 0. The molecular weight excluding hydrogens is 210 g/mol. The van der Waals surface area contributed by atoms with Gasteiger partial charge >= 0.3 is 0 Å². The van der Waals surface area contributed by atoms with Crippen LogP contribution in [0.2, 0.25) is 5.02 Å². The van der Waals surface area contributed by atoms with Crippen LogP contribution in [0, 0.1) is 13.8 Å². The number of ketones is 1. The minimum Gasteiger partial charge on any atom is -0.358 e. The minimum absolute atomic E-state index is 0.0838. The first-order valence-electron chi connectivity index (χ1n) is 4.80. The van der Waals surface area contributed by atoms with E-state index in [-0.39, 0.29) is 5.78 Å². The number of aromatic amines is 1. The van der Waals surface area contributed by atoms with Gasteiger partial charge in [-0.2, -0.15) is 0 Å². The first-order chi connectivity index (χ1) is 7.02. The highest BCUT2D eigenvalue weighted by atomic mass is 35.5. The van der Waals surface area contributed by atoms with E-state index in [4.69, 9.17) is 11.6 Å². The number of fused-ring (bicyclic) bond motifs is 1. The summed E-state index contributed by atoms with van der Waals surface area (Å²) >= 11 is 6.02. The normalized spacial score (nSPS) is 10.9. The molecule has 0 aliphatic heterocycles. The maximum absolute atomic E-state index is 11.5. The Morgan fingerprint density at radius 2 is 2.00 bits per heavy atom. The van der Waals surface area contributed by atoms with Gasteiger partial charge in [-0.15, -0.1) is 0 Å². The summed E-state index contributed by atoms with van der Waals surface area (Å²) in [6.45, 7) is 5.44. The van der Waals surface area contributed by atoms with Gasteiger partial charge in [-0.1, -0.05) is 17.7 Å². The summed E-state index contributed by atoms with van der Waals surface area (Å²) in [5.41, 5.74) is 3.63. The number of halogens is 1. The fourth-order valence-electron chi connectivity index (χ4n) is 1.96. The second-order valence-corrected chi connectivity index (χ2v) is 4.18. The first kappa shape index (κ1) is 10.2. The first-order valence-corrected chi connectivity index (χ1v) is 5.18. The van der Waals surface area contributed by atoms with Crippen LogP contribution in [0.15, 0.2) is 12.1 Å². The molecule has 0 aliphatic rings. The number of H-pyrrole nitrogens is 1. The van der Waals surface area contributed by atoms with E-state index >= 15 is 0 Å². The molecule has 0 fully saturated rings. The van der Waals surface area contributed by atoms with Crippen LogP contribution >= 0.6 is 11.6 Å². The third kappa shape index (κ3) is 1.45. The average molecular weight is 222 g/mol. The lowest BCUT2D eigenvalue weighted by Gasteiger charge is -1.99. The predicted octanol–water partition coefficient (Wildman–Crippen LogP) is 3.64. The molecule has 0 saturated carbocycles. The van der Waals surface area contributed by atoms with Crippen molar-refractivity contribution in [3.63, 3.8) is 0 Å². The molecule has 1 N–H and O–H groups in total. The van der Waals surface area contributed by atoms with E-state index in [2.05, 4.69) is 4.98 Å². The monoisotopic (exact) mass is 221 g/mol. The summed E-state index contributed by atoms with van der Waals surface area (Å²) in [5.74, 6) is 0.0838. The van der Waals surface area contributed by atoms with Gasteiger partial charge < -0.3 is 4.98 Å². The number of hydrogen-bond acceptors (Lipinski definition) is 1. The van der Waals surface area contributed by atoms with Crippen molar-refractivity contribution in [1.29, 1.82) is 0 Å². The smallest absolute Gasteiger partial charge is 0.162 e. The number of benzene rings is 1. The van der Waals surface area contributed by atoms with Crippen molar-refractivity contribution in [1.82, 2.24) is 4.98 Å². The molecule has 0 atom stereocenters.